The largest absolute Gasteiger partial charge is 0.356 e. The molecule has 0 aliphatic carbocycles. The molecule has 0 saturated carbocycles. The van der Waals surface area contributed by atoms with Gasteiger partial charge in [0.25, 0.3) is 0 Å². The van der Waals surface area contributed by atoms with Gasteiger partial charge in [-0.25, -0.2) is 4.39 Å². The molecule has 0 spiro atoms. The van der Waals surface area contributed by atoms with Gasteiger partial charge in [-0.2, -0.15) is 0 Å². The molecule has 3 nitrogen and oxygen atoms in total. The summed E-state index contributed by atoms with van der Waals surface area (Å²) in [5.41, 5.74) is 2.24. The van der Waals surface area contributed by atoms with E-state index < -0.39 is 0 Å². The van der Waals surface area contributed by atoms with Crippen LogP contribution in [0, 0.1) is 11.7 Å². The smallest absolute Gasteiger partial charge is 0.223 e. The SMILES string of the molecule is O=C(NCCCc1ccc(F)cc1)C1CCN(Cc2ccccc2Cl)CC1. The summed E-state index contributed by atoms with van der Waals surface area (Å²) in [6.07, 6.45) is 3.47. The van der Waals surface area contributed by atoms with E-state index in [4.69, 9.17) is 11.6 Å². The maximum absolute atomic E-state index is 12.9. The van der Waals surface area contributed by atoms with Crippen molar-refractivity contribution in [3.8, 4) is 0 Å². The van der Waals surface area contributed by atoms with Gasteiger partial charge in [-0.1, -0.05) is 41.9 Å². The third kappa shape index (κ3) is 6.05. The van der Waals surface area contributed by atoms with Crippen LogP contribution in [0.3, 0.4) is 0 Å². The Balaban J connectivity index is 1.34. The molecule has 2 aromatic carbocycles. The van der Waals surface area contributed by atoms with E-state index in [1.54, 1.807) is 12.1 Å². The zero-order valence-corrected chi connectivity index (χ0v) is 16.2. The number of halogens is 2. The molecule has 0 unspecified atom stereocenters. The number of nitrogens with one attached hydrogen (secondary N) is 1. The Morgan fingerprint density at radius 3 is 2.52 bits per heavy atom. The van der Waals surface area contributed by atoms with Gasteiger partial charge in [0.2, 0.25) is 5.91 Å². The number of carbonyl (C=O) groups excluding carboxylic acids is 1. The number of aryl methyl sites for hydroxylation is 1. The van der Waals surface area contributed by atoms with Crippen molar-refractivity contribution in [3.05, 3.63) is 70.5 Å². The monoisotopic (exact) mass is 388 g/mol. The molecule has 5 heteroatoms. The summed E-state index contributed by atoms with van der Waals surface area (Å²) < 4.78 is 12.9. The zero-order valence-electron chi connectivity index (χ0n) is 15.5. The minimum absolute atomic E-state index is 0.0957. The Kier molecular flexibility index (Phi) is 7.25. The molecule has 1 amide bonds. The van der Waals surface area contributed by atoms with Crippen LogP contribution in [0.5, 0.6) is 0 Å². The number of carbonyl (C=O) groups is 1. The lowest BCUT2D eigenvalue weighted by molar-refractivity contribution is -0.126. The van der Waals surface area contributed by atoms with Crippen LogP contribution in [0.15, 0.2) is 48.5 Å². The summed E-state index contributed by atoms with van der Waals surface area (Å²) in [6, 6.07) is 14.5. The fourth-order valence-corrected chi connectivity index (χ4v) is 3.72. The van der Waals surface area contributed by atoms with Gasteiger partial charge < -0.3 is 5.32 Å². The van der Waals surface area contributed by atoms with Crippen LogP contribution in [0.4, 0.5) is 4.39 Å². The molecule has 0 bridgehead atoms. The number of piperidine rings is 1. The molecule has 0 aromatic heterocycles. The molecule has 1 heterocycles. The minimum atomic E-state index is -0.215. The number of hydrogen-bond donors (Lipinski definition) is 1. The van der Waals surface area contributed by atoms with Crippen LogP contribution in [0.2, 0.25) is 5.02 Å². The summed E-state index contributed by atoms with van der Waals surface area (Å²) in [5, 5.41) is 3.86. The standard InChI is InChI=1S/C22H26ClFN2O/c23-21-6-2-1-5-19(21)16-26-14-11-18(12-15-26)22(27)25-13-3-4-17-7-9-20(24)10-8-17/h1-2,5-10,18H,3-4,11-16H2,(H,25,27). The van der Waals surface area contributed by atoms with Crippen molar-refractivity contribution in [3.63, 3.8) is 0 Å². The molecule has 1 aliphatic heterocycles. The van der Waals surface area contributed by atoms with Crippen LogP contribution in [-0.2, 0) is 17.8 Å². The first-order chi connectivity index (χ1) is 13.1. The highest BCUT2D eigenvalue weighted by Crippen LogP contribution is 2.22. The quantitative estimate of drug-likeness (QED) is 0.711. The molecular weight excluding hydrogens is 363 g/mol. The first kappa shape index (κ1) is 19.8. The zero-order chi connectivity index (χ0) is 19.1. The lowest BCUT2D eigenvalue weighted by atomic mass is 9.95. The highest BCUT2D eigenvalue weighted by Gasteiger charge is 2.24. The van der Waals surface area contributed by atoms with Crippen molar-refractivity contribution < 1.29 is 9.18 Å². The number of likely N-dealkylation sites (tertiary alicyclic amines) is 1. The van der Waals surface area contributed by atoms with E-state index in [1.165, 1.54) is 12.1 Å². The lowest BCUT2D eigenvalue weighted by Crippen LogP contribution is -2.40. The molecule has 0 atom stereocenters. The van der Waals surface area contributed by atoms with E-state index in [0.29, 0.717) is 6.54 Å². The van der Waals surface area contributed by atoms with Crippen molar-refractivity contribution >= 4 is 17.5 Å². The molecule has 1 saturated heterocycles. The van der Waals surface area contributed by atoms with E-state index in [2.05, 4.69) is 16.3 Å². The normalized spacial score (nSPS) is 15.6. The second-order valence-electron chi connectivity index (χ2n) is 7.16. The maximum atomic E-state index is 12.9. The van der Waals surface area contributed by atoms with Crippen molar-refractivity contribution in [1.29, 1.82) is 0 Å². The summed E-state index contributed by atoms with van der Waals surface area (Å²) in [4.78, 5) is 14.7. The number of benzene rings is 2. The third-order valence-electron chi connectivity index (χ3n) is 5.16. The van der Waals surface area contributed by atoms with Crippen LogP contribution in [-0.4, -0.2) is 30.4 Å². The van der Waals surface area contributed by atoms with Gasteiger partial charge in [0.05, 0.1) is 0 Å². The van der Waals surface area contributed by atoms with Crippen LogP contribution < -0.4 is 5.32 Å². The molecule has 144 valence electrons. The highest BCUT2D eigenvalue weighted by molar-refractivity contribution is 6.31. The highest BCUT2D eigenvalue weighted by atomic mass is 35.5. The summed E-state index contributed by atoms with van der Waals surface area (Å²) in [5.74, 6) is 0.0396. The second-order valence-corrected chi connectivity index (χ2v) is 7.57. The Morgan fingerprint density at radius 1 is 1.11 bits per heavy atom. The Labute approximate surface area is 165 Å². The van der Waals surface area contributed by atoms with E-state index >= 15 is 0 Å². The number of nitrogens with zero attached hydrogens (tertiary/aromatic N) is 1. The summed E-state index contributed by atoms with van der Waals surface area (Å²) in [6.45, 7) is 3.33. The molecular formula is C22H26ClFN2O. The molecule has 1 aliphatic rings. The predicted molar refractivity (Wildman–Crippen MR) is 107 cm³/mol. The average molecular weight is 389 g/mol. The minimum Gasteiger partial charge on any atom is -0.356 e. The van der Waals surface area contributed by atoms with E-state index in [-0.39, 0.29) is 17.6 Å². The van der Waals surface area contributed by atoms with Crippen molar-refractivity contribution in [1.82, 2.24) is 10.2 Å². The van der Waals surface area contributed by atoms with E-state index in [0.717, 1.165) is 61.5 Å². The molecule has 2 aromatic rings. The summed E-state index contributed by atoms with van der Waals surface area (Å²) in [7, 11) is 0. The van der Waals surface area contributed by atoms with E-state index in [9.17, 15) is 9.18 Å². The Bertz CT molecular complexity index is 742. The van der Waals surface area contributed by atoms with Gasteiger partial charge in [-0.15, -0.1) is 0 Å². The van der Waals surface area contributed by atoms with Gasteiger partial charge in [-0.05, 0) is 68.1 Å². The van der Waals surface area contributed by atoms with E-state index in [1.807, 2.05) is 18.2 Å². The third-order valence-corrected chi connectivity index (χ3v) is 5.53. The molecule has 1 fully saturated rings. The van der Waals surface area contributed by atoms with Crippen LogP contribution in [0.1, 0.15) is 30.4 Å². The van der Waals surface area contributed by atoms with Gasteiger partial charge in [0.1, 0.15) is 5.82 Å². The van der Waals surface area contributed by atoms with Crippen LogP contribution >= 0.6 is 11.6 Å². The Hall–Kier alpha value is -1.91. The topological polar surface area (TPSA) is 32.3 Å². The molecule has 27 heavy (non-hydrogen) atoms. The number of rotatable bonds is 7. The predicted octanol–water partition coefficient (Wildman–Crippen LogP) is 4.44. The first-order valence-corrected chi connectivity index (χ1v) is 9.97. The van der Waals surface area contributed by atoms with Crippen LogP contribution in [0.25, 0.3) is 0 Å². The fourth-order valence-electron chi connectivity index (χ4n) is 3.52. The maximum Gasteiger partial charge on any atom is 0.223 e. The van der Waals surface area contributed by atoms with Gasteiger partial charge >= 0.3 is 0 Å². The van der Waals surface area contributed by atoms with Gasteiger partial charge in [0, 0.05) is 24.0 Å². The molecule has 0 radical (unpaired) electrons. The Morgan fingerprint density at radius 2 is 1.81 bits per heavy atom. The summed E-state index contributed by atoms with van der Waals surface area (Å²) >= 11 is 6.24. The fraction of sp³-hybridized carbons (Fsp3) is 0.409. The first-order valence-electron chi connectivity index (χ1n) is 9.60. The number of hydrogen-bond acceptors (Lipinski definition) is 2. The molecule has 1 N–H and O–H groups in total. The second kappa shape index (κ2) is 9.86. The number of amides is 1. The lowest BCUT2D eigenvalue weighted by Gasteiger charge is -2.31. The average Bonchev–Trinajstić information content (AvgIpc) is 2.69. The molecule has 3 rings (SSSR count). The van der Waals surface area contributed by atoms with Crippen molar-refractivity contribution in [2.45, 2.75) is 32.2 Å². The van der Waals surface area contributed by atoms with Crippen molar-refractivity contribution in [2.24, 2.45) is 5.92 Å². The van der Waals surface area contributed by atoms with Crippen molar-refractivity contribution in [2.75, 3.05) is 19.6 Å². The van der Waals surface area contributed by atoms with Gasteiger partial charge in [-0.3, -0.25) is 9.69 Å². The van der Waals surface area contributed by atoms with Gasteiger partial charge in [0.15, 0.2) is 0 Å².